The molecule has 3 heteroatoms. The molecule has 1 aromatic rings. The van der Waals surface area contributed by atoms with Crippen LogP contribution in [-0.4, -0.2) is 11.4 Å². The van der Waals surface area contributed by atoms with Gasteiger partial charge in [-0.05, 0) is 62.3 Å². The third-order valence-corrected chi connectivity index (χ3v) is 4.27. The molecule has 3 saturated carbocycles. The van der Waals surface area contributed by atoms with E-state index in [1.807, 2.05) is 26.0 Å². The summed E-state index contributed by atoms with van der Waals surface area (Å²) < 4.78 is 0. The molecule has 0 radical (unpaired) electrons. The molecule has 4 rings (SSSR count). The Morgan fingerprint density at radius 2 is 1.94 bits per heavy atom. The Labute approximate surface area is 101 Å². The highest BCUT2D eigenvalue weighted by Gasteiger charge is 2.57. The van der Waals surface area contributed by atoms with Gasteiger partial charge in [0.1, 0.15) is 0 Å². The molecule has 3 aliphatic carbocycles. The summed E-state index contributed by atoms with van der Waals surface area (Å²) in [7, 11) is 0. The van der Waals surface area contributed by atoms with Gasteiger partial charge in [-0.3, -0.25) is 4.79 Å². The van der Waals surface area contributed by atoms with Crippen molar-refractivity contribution < 1.29 is 4.79 Å². The third kappa shape index (κ3) is 1.53. The van der Waals surface area contributed by atoms with Crippen molar-refractivity contribution in [3.05, 3.63) is 28.8 Å². The van der Waals surface area contributed by atoms with Crippen molar-refractivity contribution in [3.8, 4) is 0 Å². The Hall–Kier alpha value is -1.51. The minimum absolute atomic E-state index is 0.0590. The molecule has 2 bridgehead atoms. The molecule has 0 aromatic heterocycles. The van der Waals surface area contributed by atoms with Crippen LogP contribution in [0.4, 0.5) is 5.69 Å². The maximum atomic E-state index is 12.2. The molecule has 0 saturated heterocycles. The first kappa shape index (κ1) is 10.6. The molecule has 90 valence electrons. The van der Waals surface area contributed by atoms with Crippen LogP contribution in [0.2, 0.25) is 0 Å². The summed E-state index contributed by atoms with van der Waals surface area (Å²) in [5.74, 6) is 0.938. The van der Waals surface area contributed by atoms with Crippen LogP contribution in [0.15, 0.2) is 12.1 Å². The first-order chi connectivity index (χ1) is 7.99. The van der Waals surface area contributed by atoms with Crippen molar-refractivity contribution in [2.24, 2.45) is 5.92 Å². The van der Waals surface area contributed by atoms with Crippen LogP contribution < -0.4 is 11.1 Å². The van der Waals surface area contributed by atoms with Gasteiger partial charge < -0.3 is 11.1 Å². The topological polar surface area (TPSA) is 55.1 Å². The predicted octanol–water partition coefficient (Wildman–Crippen LogP) is 2.17. The number of carbonyl (C=O) groups excluding carboxylic acids is 1. The van der Waals surface area contributed by atoms with Gasteiger partial charge in [-0.2, -0.15) is 0 Å². The van der Waals surface area contributed by atoms with Gasteiger partial charge in [0.15, 0.2) is 0 Å². The van der Waals surface area contributed by atoms with E-state index in [4.69, 9.17) is 5.73 Å². The fourth-order valence-electron chi connectivity index (χ4n) is 3.02. The largest absolute Gasteiger partial charge is 0.399 e. The molecule has 0 spiro atoms. The number of nitrogens with one attached hydrogen (secondary N) is 1. The first-order valence-corrected chi connectivity index (χ1v) is 6.18. The van der Waals surface area contributed by atoms with Gasteiger partial charge in [-0.25, -0.2) is 0 Å². The molecule has 3 aliphatic rings. The quantitative estimate of drug-likeness (QED) is 0.765. The lowest BCUT2D eigenvalue weighted by Crippen LogP contribution is -2.68. The highest BCUT2D eigenvalue weighted by Crippen LogP contribution is 2.57. The van der Waals surface area contributed by atoms with Gasteiger partial charge in [-0.15, -0.1) is 0 Å². The standard InChI is InChI=1S/C14H18N2O/c1-8-4-12(15)9(2)3-11(8)13(17)16-14-5-10(6-14)7-14/h3-4,10H,5-7,15H2,1-2H3,(H,16,17). The van der Waals surface area contributed by atoms with Gasteiger partial charge in [0.05, 0.1) is 0 Å². The van der Waals surface area contributed by atoms with Crippen LogP contribution in [0.1, 0.15) is 40.7 Å². The van der Waals surface area contributed by atoms with E-state index in [-0.39, 0.29) is 11.4 Å². The number of benzene rings is 1. The fraction of sp³-hybridized carbons (Fsp3) is 0.500. The van der Waals surface area contributed by atoms with E-state index in [2.05, 4.69) is 5.32 Å². The average molecular weight is 230 g/mol. The minimum Gasteiger partial charge on any atom is -0.399 e. The van der Waals surface area contributed by atoms with Gasteiger partial charge in [0, 0.05) is 16.8 Å². The van der Waals surface area contributed by atoms with Crippen molar-refractivity contribution in [2.75, 3.05) is 5.73 Å². The lowest BCUT2D eigenvalue weighted by atomic mass is 9.50. The van der Waals surface area contributed by atoms with Crippen LogP contribution in [0.5, 0.6) is 0 Å². The SMILES string of the molecule is Cc1cc(C(=O)NC23CC(C2)C3)c(C)cc1N. The van der Waals surface area contributed by atoms with Gasteiger partial charge in [0.2, 0.25) is 0 Å². The Morgan fingerprint density at radius 3 is 2.47 bits per heavy atom. The normalized spacial score (nSPS) is 29.2. The van der Waals surface area contributed by atoms with Crippen molar-refractivity contribution in [1.82, 2.24) is 5.32 Å². The zero-order valence-corrected chi connectivity index (χ0v) is 10.3. The zero-order chi connectivity index (χ0) is 12.2. The van der Waals surface area contributed by atoms with E-state index in [9.17, 15) is 4.79 Å². The summed E-state index contributed by atoms with van der Waals surface area (Å²) in [6.45, 7) is 3.87. The number of nitrogens with two attached hydrogens (primary N) is 1. The molecule has 0 aliphatic heterocycles. The predicted molar refractivity (Wildman–Crippen MR) is 67.9 cm³/mol. The summed E-state index contributed by atoms with van der Waals surface area (Å²) in [5, 5.41) is 3.18. The maximum absolute atomic E-state index is 12.2. The summed E-state index contributed by atoms with van der Waals surface area (Å²) in [6, 6.07) is 3.78. The van der Waals surface area contributed by atoms with E-state index in [1.165, 1.54) is 19.3 Å². The van der Waals surface area contributed by atoms with E-state index in [0.717, 1.165) is 28.3 Å². The highest BCUT2D eigenvalue weighted by atomic mass is 16.1. The van der Waals surface area contributed by atoms with Gasteiger partial charge in [-0.1, -0.05) is 0 Å². The molecular weight excluding hydrogens is 212 g/mol. The molecule has 0 atom stereocenters. The monoisotopic (exact) mass is 230 g/mol. The maximum Gasteiger partial charge on any atom is 0.251 e. The summed E-state index contributed by atoms with van der Waals surface area (Å²) >= 11 is 0. The zero-order valence-electron chi connectivity index (χ0n) is 10.3. The lowest BCUT2D eigenvalue weighted by Gasteiger charge is -2.61. The number of amides is 1. The molecule has 0 unspecified atom stereocenters. The van der Waals surface area contributed by atoms with Crippen molar-refractivity contribution in [1.29, 1.82) is 0 Å². The first-order valence-electron chi connectivity index (χ1n) is 6.18. The minimum atomic E-state index is 0.0590. The fourth-order valence-corrected chi connectivity index (χ4v) is 3.02. The third-order valence-electron chi connectivity index (χ3n) is 4.27. The van der Waals surface area contributed by atoms with E-state index < -0.39 is 0 Å². The second-order valence-corrected chi connectivity index (χ2v) is 5.74. The van der Waals surface area contributed by atoms with Crippen molar-refractivity contribution in [3.63, 3.8) is 0 Å². The van der Waals surface area contributed by atoms with Crippen LogP contribution in [0.3, 0.4) is 0 Å². The number of hydrogen-bond acceptors (Lipinski definition) is 2. The van der Waals surface area contributed by atoms with Crippen LogP contribution in [0.25, 0.3) is 0 Å². The van der Waals surface area contributed by atoms with Gasteiger partial charge in [0.25, 0.3) is 5.91 Å². The Kier molecular flexibility index (Phi) is 2.03. The van der Waals surface area contributed by atoms with Crippen LogP contribution in [0, 0.1) is 19.8 Å². The smallest absolute Gasteiger partial charge is 0.251 e. The number of nitrogen functional groups attached to an aromatic ring is 1. The Balaban J connectivity index is 1.83. The van der Waals surface area contributed by atoms with E-state index in [1.54, 1.807) is 0 Å². The molecule has 1 aromatic carbocycles. The number of aryl methyl sites for hydroxylation is 2. The molecule has 1 amide bonds. The van der Waals surface area contributed by atoms with Crippen molar-refractivity contribution in [2.45, 2.75) is 38.6 Å². The molecular formula is C14H18N2O. The van der Waals surface area contributed by atoms with Gasteiger partial charge >= 0.3 is 0 Å². The average Bonchev–Trinajstić information content (AvgIpc) is 2.15. The molecule has 3 N–H and O–H groups in total. The molecule has 3 fully saturated rings. The number of carbonyl (C=O) groups is 1. The number of rotatable bonds is 2. The Bertz CT molecular complexity index is 490. The van der Waals surface area contributed by atoms with Crippen LogP contribution in [-0.2, 0) is 0 Å². The molecule has 3 nitrogen and oxygen atoms in total. The highest BCUT2D eigenvalue weighted by molar-refractivity contribution is 5.97. The van der Waals surface area contributed by atoms with Crippen molar-refractivity contribution >= 4 is 11.6 Å². The number of hydrogen-bond donors (Lipinski definition) is 2. The Morgan fingerprint density at radius 1 is 1.29 bits per heavy atom. The van der Waals surface area contributed by atoms with E-state index in [0.29, 0.717) is 0 Å². The second-order valence-electron chi connectivity index (χ2n) is 5.74. The van der Waals surface area contributed by atoms with E-state index >= 15 is 0 Å². The lowest BCUT2D eigenvalue weighted by molar-refractivity contribution is -0.0438. The summed E-state index contributed by atoms with van der Waals surface area (Å²) in [6.07, 6.45) is 3.52. The molecule has 17 heavy (non-hydrogen) atoms. The molecule has 0 heterocycles. The second kappa shape index (κ2) is 3.25. The number of anilines is 1. The summed E-state index contributed by atoms with van der Waals surface area (Å²) in [4.78, 5) is 12.2. The van der Waals surface area contributed by atoms with Crippen LogP contribution >= 0.6 is 0 Å². The summed E-state index contributed by atoms with van der Waals surface area (Å²) in [5.41, 5.74) is 9.42.